The van der Waals surface area contributed by atoms with Gasteiger partial charge in [-0.05, 0) is 35.9 Å². The van der Waals surface area contributed by atoms with E-state index in [1.165, 1.54) is 23.0 Å². The maximum Gasteiger partial charge on any atom is 0.316 e. The lowest BCUT2D eigenvalue weighted by molar-refractivity contribution is 0.0996. The number of urea groups is 1. The molecule has 0 spiro atoms. The predicted octanol–water partition coefficient (Wildman–Crippen LogP) is 1.97. The Balaban J connectivity index is 1.97. The molecule has 1 aromatic heterocycles. The van der Waals surface area contributed by atoms with Gasteiger partial charge >= 0.3 is 6.03 Å². The van der Waals surface area contributed by atoms with Crippen LogP contribution in [0.1, 0.15) is 10.5 Å². The summed E-state index contributed by atoms with van der Waals surface area (Å²) in [6, 6.07) is 9.38. The van der Waals surface area contributed by atoms with Gasteiger partial charge in [-0.15, -0.1) is 0 Å². The van der Waals surface area contributed by atoms with Gasteiger partial charge in [-0.2, -0.15) is 5.10 Å². The van der Waals surface area contributed by atoms with Crippen LogP contribution in [0.2, 0.25) is 0 Å². The smallest absolute Gasteiger partial charge is 0.316 e. The highest BCUT2D eigenvalue weighted by molar-refractivity contribution is 6.00. The van der Waals surface area contributed by atoms with Gasteiger partial charge in [0.25, 0.3) is 5.91 Å². The van der Waals surface area contributed by atoms with Crippen LogP contribution in [0.15, 0.2) is 48.7 Å². The minimum absolute atomic E-state index is 0.0535. The Bertz CT molecular complexity index is 998. The van der Waals surface area contributed by atoms with E-state index in [1.807, 2.05) is 0 Å². The normalized spacial score (nSPS) is 10.5. The Hall–Kier alpha value is -3.88. The zero-order chi connectivity index (χ0) is 18.8. The number of aromatic nitrogens is 2. The number of nitrogens with two attached hydrogens (primary N) is 2. The number of amides is 3. The number of carbonyl (C=O) groups excluding carboxylic acids is 2. The molecule has 2 aromatic carbocycles. The van der Waals surface area contributed by atoms with Crippen molar-refractivity contribution in [1.82, 2.24) is 9.78 Å². The number of aromatic hydroxyl groups is 1. The molecular weight excluding hydrogens is 341 g/mol. The summed E-state index contributed by atoms with van der Waals surface area (Å²) in [4.78, 5) is 22.5. The van der Waals surface area contributed by atoms with Crippen molar-refractivity contribution in [2.24, 2.45) is 11.5 Å². The molecule has 26 heavy (non-hydrogen) atoms. The number of anilines is 1. The molecule has 8 nitrogen and oxygen atoms in total. The number of rotatable bonds is 4. The van der Waals surface area contributed by atoms with Gasteiger partial charge < -0.3 is 21.9 Å². The van der Waals surface area contributed by atoms with Gasteiger partial charge in [0.15, 0.2) is 5.69 Å². The summed E-state index contributed by atoms with van der Waals surface area (Å²) in [5.41, 5.74) is 11.7. The summed E-state index contributed by atoms with van der Waals surface area (Å²) in [7, 11) is 0. The number of benzene rings is 2. The molecule has 0 fully saturated rings. The van der Waals surface area contributed by atoms with Crippen LogP contribution >= 0.6 is 0 Å². The van der Waals surface area contributed by atoms with Crippen molar-refractivity contribution in [2.45, 2.75) is 0 Å². The Morgan fingerprint density at radius 1 is 1.12 bits per heavy atom. The standard InChI is InChI=1S/C17H14FN5O3/c18-10-3-6-14(24)12(7-10)9-1-4-11(5-2-9)23-8-13(21-17(20)26)15(22-23)16(19)25/h1-8,24H,(H2,19,25)(H3,20,21,26). The molecule has 0 saturated carbocycles. The number of hydrogen-bond donors (Lipinski definition) is 4. The van der Waals surface area contributed by atoms with E-state index in [9.17, 15) is 19.1 Å². The monoisotopic (exact) mass is 355 g/mol. The third-order valence-electron chi connectivity index (χ3n) is 3.61. The Labute approximate surface area is 146 Å². The fraction of sp³-hybridized carbons (Fsp3) is 0. The van der Waals surface area contributed by atoms with Crippen LogP contribution in [-0.4, -0.2) is 26.8 Å². The lowest BCUT2D eigenvalue weighted by Gasteiger charge is -2.07. The van der Waals surface area contributed by atoms with Crippen LogP contribution in [0.3, 0.4) is 0 Å². The van der Waals surface area contributed by atoms with Crippen LogP contribution in [-0.2, 0) is 0 Å². The van der Waals surface area contributed by atoms with E-state index in [1.54, 1.807) is 24.3 Å². The Kier molecular flexibility index (Phi) is 4.27. The predicted molar refractivity (Wildman–Crippen MR) is 92.3 cm³/mol. The number of primary amides is 2. The molecule has 3 aromatic rings. The first kappa shape index (κ1) is 17.0. The molecule has 0 unspecified atom stereocenters. The molecule has 0 atom stereocenters. The van der Waals surface area contributed by atoms with Crippen LogP contribution in [0.25, 0.3) is 16.8 Å². The topological polar surface area (TPSA) is 136 Å². The quantitative estimate of drug-likeness (QED) is 0.569. The molecule has 0 bridgehead atoms. The maximum absolute atomic E-state index is 13.4. The van der Waals surface area contributed by atoms with Crippen LogP contribution in [0, 0.1) is 5.82 Å². The molecule has 3 rings (SSSR count). The summed E-state index contributed by atoms with van der Waals surface area (Å²) >= 11 is 0. The number of nitrogens with zero attached hydrogens (tertiary/aromatic N) is 2. The second-order valence-electron chi connectivity index (χ2n) is 5.40. The van der Waals surface area contributed by atoms with E-state index < -0.39 is 17.8 Å². The molecule has 0 aliphatic carbocycles. The van der Waals surface area contributed by atoms with Crippen molar-refractivity contribution in [2.75, 3.05) is 5.32 Å². The van der Waals surface area contributed by atoms with E-state index in [0.717, 1.165) is 6.07 Å². The van der Waals surface area contributed by atoms with E-state index >= 15 is 0 Å². The number of hydrogen-bond acceptors (Lipinski definition) is 4. The summed E-state index contributed by atoms with van der Waals surface area (Å²) in [5.74, 6) is -1.35. The van der Waals surface area contributed by atoms with Crippen LogP contribution in [0.5, 0.6) is 5.75 Å². The minimum Gasteiger partial charge on any atom is -0.507 e. The summed E-state index contributed by atoms with van der Waals surface area (Å²) < 4.78 is 14.7. The van der Waals surface area contributed by atoms with Crippen molar-refractivity contribution in [3.8, 4) is 22.6 Å². The molecule has 132 valence electrons. The SMILES string of the molecule is NC(=O)Nc1cn(-c2ccc(-c3cc(F)ccc3O)cc2)nc1C(N)=O. The van der Waals surface area contributed by atoms with Gasteiger partial charge in [0.05, 0.1) is 17.6 Å². The first-order valence-electron chi connectivity index (χ1n) is 7.40. The van der Waals surface area contributed by atoms with Crippen molar-refractivity contribution in [3.05, 3.63) is 60.2 Å². The lowest BCUT2D eigenvalue weighted by Crippen LogP contribution is -2.22. The number of carbonyl (C=O) groups is 2. The van der Waals surface area contributed by atoms with E-state index in [2.05, 4.69) is 10.4 Å². The second kappa shape index (κ2) is 6.55. The maximum atomic E-state index is 13.4. The fourth-order valence-electron chi connectivity index (χ4n) is 2.45. The number of phenolic OH excluding ortho intramolecular Hbond substituents is 1. The molecule has 1 heterocycles. The second-order valence-corrected chi connectivity index (χ2v) is 5.40. The van der Waals surface area contributed by atoms with Crippen LogP contribution in [0.4, 0.5) is 14.9 Å². The zero-order valence-electron chi connectivity index (χ0n) is 13.3. The van der Waals surface area contributed by atoms with Crippen molar-refractivity contribution >= 4 is 17.6 Å². The number of nitrogens with one attached hydrogen (secondary N) is 1. The van der Waals surface area contributed by atoms with Gasteiger partial charge in [-0.25, -0.2) is 13.9 Å². The third kappa shape index (κ3) is 3.31. The molecule has 6 N–H and O–H groups in total. The van der Waals surface area contributed by atoms with Gasteiger partial charge in [0, 0.05) is 5.56 Å². The first-order chi connectivity index (χ1) is 12.3. The molecule has 0 aliphatic heterocycles. The highest BCUT2D eigenvalue weighted by Gasteiger charge is 2.16. The zero-order valence-corrected chi connectivity index (χ0v) is 13.3. The average molecular weight is 355 g/mol. The van der Waals surface area contributed by atoms with E-state index in [-0.39, 0.29) is 17.1 Å². The van der Waals surface area contributed by atoms with Crippen LogP contribution < -0.4 is 16.8 Å². The highest BCUT2D eigenvalue weighted by Crippen LogP contribution is 2.30. The van der Waals surface area contributed by atoms with Crippen molar-refractivity contribution < 1.29 is 19.1 Å². The van der Waals surface area contributed by atoms with Crippen molar-refractivity contribution in [3.63, 3.8) is 0 Å². The molecule has 0 aliphatic rings. The lowest BCUT2D eigenvalue weighted by atomic mass is 10.0. The molecule has 0 radical (unpaired) electrons. The van der Waals surface area contributed by atoms with Gasteiger partial charge in [0.1, 0.15) is 11.6 Å². The van der Waals surface area contributed by atoms with Crippen molar-refractivity contribution in [1.29, 1.82) is 0 Å². The average Bonchev–Trinajstić information content (AvgIpc) is 3.00. The Morgan fingerprint density at radius 3 is 2.42 bits per heavy atom. The third-order valence-corrected chi connectivity index (χ3v) is 3.61. The number of phenols is 1. The largest absolute Gasteiger partial charge is 0.507 e. The Morgan fingerprint density at radius 2 is 1.81 bits per heavy atom. The van der Waals surface area contributed by atoms with Gasteiger partial charge in [-0.3, -0.25) is 4.79 Å². The van der Waals surface area contributed by atoms with E-state index in [4.69, 9.17) is 11.5 Å². The summed E-state index contributed by atoms with van der Waals surface area (Å²) in [5, 5.41) is 16.2. The van der Waals surface area contributed by atoms with Gasteiger partial charge in [0.2, 0.25) is 0 Å². The molecule has 9 heteroatoms. The molecule has 0 saturated heterocycles. The fourth-order valence-corrected chi connectivity index (χ4v) is 2.45. The summed E-state index contributed by atoms with van der Waals surface area (Å²) in [6.45, 7) is 0. The van der Waals surface area contributed by atoms with E-state index in [0.29, 0.717) is 16.8 Å². The highest BCUT2D eigenvalue weighted by atomic mass is 19.1. The first-order valence-corrected chi connectivity index (χ1v) is 7.40. The molecule has 3 amide bonds. The number of halogens is 1. The molecular formula is C17H14FN5O3. The van der Waals surface area contributed by atoms with Gasteiger partial charge in [-0.1, -0.05) is 12.1 Å². The minimum atomic E-state index is -0.857. The summed E-state index contributed by atoms with van der Waals surface area (Å²) in [6.07, 6.45) is 1.39.